The quantitative estimate of drug-likeness (QED) is 0.674. The monoisotopic (exact) mass is 288 g/mol. The Hall–Kier alpha value is -2.46. The fourth-order valence-corrected chi connectivity index (χ4v) is 2.71. The van der Waals surface area contributed by atoms with E-state index in [0.29, 0.717) is 6.54 Å². The van der Waals surface area contributed by atoms with Crippen LogP contribution in [0.2, 0.25) is 0 Å². The number of pyridine rings is 1. The molecule has 0 atom stereocenters. The number of hydrogen-bond acceptors (Lipinski definition) is 6. The predicted octanol–water partition coefficient (Wildman–Crippen LogP) is 3.10. The average molecular weight is 288 g/mol. The van der Waals surface area contributed by atoms with Gasteiger partial charge in [-0.2, -0.15) is 5.26 Å². The van der Waals surface area contributed by atoms with Crippen LogP contribution in [0.5, 0.6) is 0 Å². The molecule has 0 bridgehead atoms. The number of hydrogen-bond donors (Lipinski definition) is 1. The maximum absolute atomic E-state index is 11.0. The maximum atomic E-state index is 11.0. The second-order valence-corrected chi connectivity index (χ2v) is 5.04. The second kappa shape index (κ2) is 6.12. The van der Waals surface area contributed by atoms with Crippen LogP contribution in [0, 0.1) is 21.4 Å². The zero-order chi connectivity index (χ0) is 14.5. The molecule has 0 fully saturated rings. The third-order valence-corrected chi connectivity index (χ3v) is 3.79. The third-order valence-electron chi connectivity index (χ3n) is 2.83. The number of nitriles is 1. The standard InChI is InChI=1S/C13H12N4O2S/c1-2-10-3-4-20-12(10)8-16-13-11(17(18)19)5-9(6-14)7-15-13/h3-5,7H,2,8H2,1H3,(H,15,16). The number of nitrogens with one attached hydrogen (secondary N) is 1. The normalized spacial score (nSPS) is 10.0. The summed E-state index contributed by atoms with van der Waals surface area (Å²) in [6, 6.07) is 5.12. The molecule has 0 aliphatic carbocycles. The number of aromatic nitrogens is 1. The fraction of sp³-hybridized carbons (Fsp3) is 0.231. The minimum Gasteiger partial charge on any atom is -0.359 e. The minimum absolute atomic E-state index is 0.174. The van der Waals surface area contributed by atoms with Gasteiger partial charge in [0.25, 0.3) is 0 Å². The second-order valence-electron chi connectivity index (χ2n) is 4.04. The van der Waals surface area contributed by atoms with Gasteiger partial charge in [-0.05, 0) is 23.4 Å². The molecule has 2 heterocycles. The SMILES string of the molecule is CCc1ccsc1CNc1ncc(C#N)cc1[N+](=O)[O-]. The summed E-state index contributed by atoms with van der Waals surface area (Å²) in [5.74, 6) is 0.185. The first-order valence-corrected chi connectivity index (χ1v) is 6.87. The van der Waals surface area contributed by atoms with Crippen molar-refractivity contribution in [3.63, 3.8) is 0 Å². The highest BCUT2D eigenvalue weighted by Gasteiger charge is 2.16. The lowest BCUT2D eigenvalue weighted by atomic mass is 10.2. The summed E-state index contributed by atoms with van der Waals surface area (Å²) in [4.78, 5) is 15.5. The number of nitro groups is 1. The number of anilines is 1. The van der Waals surface area contributed by atoms with Crippen molar-refractivity contribution < 1.29 is 4.92 Å². The molecule has 0 aliphatic heterocycles. The largest absolute Gasteiger partial charge is 0.359 e. The zero-order valence-corrected chi connectivity index (χ0v) is 11.6. The topological polar surface area (TPSA) is 91.8 Å². The Morgan fingerprint density at radius 1 is 1.60 bits per heavy atom. The van der Waals surface area contributed by atoms with Crippen LogP contribution in [0.15, 0.2) is 23.7 Å². The van der Waals surface area contributed by atoms with Gasteiger partial charge in [0.1, 0.15) is 6.07 Å². The highest BCUT2D eigenvalue weighted by Crippen LogP contribution is 2.25. The van der Waals surface area contributed by atoms with E-state index in [2.05, 4.69) is 17.2 Å². The van der Waals surface area contributed by atoms with Gasteiger partial charge < -0.3 is 5.32 Å². The first kappa shape index (κ1) is 14.0. The Morgan fingerprint density at radius 3 is 3.05 bits per heavy atom. The summed E-state index contributed by atoms with van der Waals surface area (Å²) in [5, 5.41) is 24.7. The van der Waals surface area contributed by atoms with Crippen molar-refractivity contribution >= 4 is 22.8 Å². The van der Waals surface area contributed by atoms with E-state index < -0.39 is 4.92 Å². The molecule has 0 amide bonds. The van der Waals surface area contributed by atoms with Gasteiger partial charge in [-0.3, -0.25) is 10.1 Å². The first-order valence-electron chi connectivity index (χ1n) is 5.99. The van der Waals surface area contributed by atoms with Gasteiger partial charge in [-0.15, -0.1) is 11.3 Å². The van der Waals surface area contributed by atoms with Gasteiger partial charge in [0.2, 0.25) is 5.82 Å². The summed E-state index contributed by atoms with van der Waals surface area (Å²) >= 11 is 1.60. The van der Waals surface area contributed by atoms with E-state index in [1.165, 1.54) is 17.8 Å². The molecule has 0 saturated heterocycles. The lowest BCUT2D eigenvalue weighted by Crippen LogP contribution is -2.05. The van der Waals surface area contributed by atoms with Gasteiger partial charge in [0, 0.05) is 17.1 Å². The molecule has 0 radical (unpaired) electrons. The van der Waals surface area contributed by atoms with Gasteiger partial charge in [0.05, 0.1) is 17.0 Å². The Labute approximate surface area is 119 Å². The van der Waals surface area contributed by atoms with Crippen LogP contribution < -0.4 is 5.32 Å². The van der Waals surface area contributed by atoms with Crippen LogP contribution >= 0.6 is 11.3 Å². The van der Waals surface area contributed by atoms with Gasteiger partial charge in [-0.25, -0.2) is 4.98 Å². The lowest BCUT2D eigenvalue weighted by Gasteiger charge is -2.06. The van der Waals surface area contributed by atoms with Crippen LogP contribution in [-0.2, 0) is 13.0 Å². The number of aryl methyl sites for hydroxylation is 1. The Balaban J connectivity index is 2.21. The number of nitrogens with zero attached hydrogens (tertiary/aromatic N) is 3. The Morgan fingerprint density at radius 2 is 2.40 bits per heavy atom. The van der Waals surface area contributed by atoms with Crippen LogP contribution in [0.3, 0.4) is 0 Å². The summed E-state index contributed by atoms with van der Waals surface area (Å²) in [7, 11) is 0. The van der Waals surface area contributed by atoms with Crippen LogP contribution in [0.1, 0.15) is 22.9 Å². The van der Waals surface area contributed by atoms with E-state index in [0.717, 1.165) is 11.3 Å². The predicted molar refractivity (Wildman–Crippen MR) is 76.6 cm³/mol. The van der Waals surface area contributed by atoms with Gasteiger partial charge in [-0.1, -0.05) is 6.92 Å². The van der Waals surface area contributed by atoms with E-state index in [9.17, 15) is 10.1 Å². The summed E-state index contributed by atoms with van der Waals surface area (Å²) in [6.45, 7) is 2.55. The molecule has 0 unspecified atom stereocenters. The van der Waals surface area contributed by atoms with Crippen LogP contribution in [0.4, 0.5) is 11.5 Å². The van der Waals surface area contributed by atoms with Crippen molar-refractivity contribution in [2.45, 2.75) is 19.9 Å². The molecule has 0 saturated carbocycles. The molecule has 0 spiro atoms. The summed E-state index contributed by atoms with van der Waals surface area (Å²) in [6.07, 6.45) is 2.24. The third kappa shape index (κ3) is 2.92. The Kier molecular flexibility index (Phi) is 4.27. The van der Waals surface area contributed by atoms with Crippen molar-refractivity contribution in [3.05, 3.63) is 49.8 Å². The van der Waals surface area contributed by atoms with E-state index in [1.807, 2.05) is 17.5 Å². The molecule has 20 heavy (non-hydrogen) atoms. The molecule has 7 heteroatoms. The molecule has 102 valence electrons. The van der Waals surface area contributed by atoms with Crippen LogP contribution in [-0.4, -0.2) is 9.91 Å². The zero-order valence-electron chi connectivity index (χ0n) is 10.8. The maximum Gasteiger partial charge on any atom is 0.312 e. The molecule has 1 N–H and O–H groups in total. The van der Waals surface area contributed by atoms with Gasteiger partial charge in [0.15, 0.2) is 0 Å². The molecule has 0 aromatic carbocycles. The Bertz CT molecular complexity index is 675. The fourth-order valence-electron chi connectivity index (χ4n) is 1.79. The summed E-state index contributed by atoms with van der Waals surface area (Å²) < 4.78 is 0. The molecular weight excluding hydrogens is 276 g/mol. The average Bonchev–Trinajstić information content (AvgIpc) is 2.92. The van der Waals surface area contributed by atoms with E-state index in [4.69, 9.17) is 5.26 Å². The van der Waals surface area contributed by atoms with Crippen LogP contribution in [0.25, 0.3) is 0 Å². The van der Waals surface area contributed by atoms with Crippen molar-refractivity contribution in [3.8, 4) is 6.07 Å². The molecule has 2 aromatic rings. The smallest absolute Gasteiger partial charge is 0.312 e. The van der Waals surface area contributed by atoms with Crippen molar-refractivity contribution in [2.24, 2.45) is 0 Å². The molecule has 6 nitrogen and oxygen atoms in total. The van der Waals surface area contributed by atoms with Crippen molar-refractivity contribution in [2.75, 3.05) is 5.32 Å². The number of thiophene rings is 1. The van der Waals surface area contributed by atoms with E-state index in [1.54, 1.807) is 11.3 Å². The minimum atomic E-state index is -0.536. The first-order chi connectivity index (χ1) is 9.65. The summed E-state index contributed by atoms with van der Waals surface area (Å²) in [5.41, 5.74) is 1.21. The lowest BCUT2D eigenvalue weighted by molar-refractivity contribution is -0.384. The molecule has 2 aromatic heterocycles. The van der Waals surface area contributed by atoms with E-state index >= 15 is 0 Å². The molecular formula is C13H12N4O2S. The molecule has 2 rings (SSSR count). The van der Waals surface area contributed by atoms with Crippen molar-refractivity contribution in [1.29, 1.82) is 5.26 Å². The molecule has 0 aliphatic rings. The number of rotatable bonds is 5. The van der Waals surface area contributed by atoms with E-state index in [-0.39, 0.29) is 17.1 Å². The highest BCUT2D eigenvalue weighted by molar-refractivity contribution is 7.10. The van der Waals surface area contributed by atoms with Crippen molar-refractivity contribution in [1.82, 2.24) is 4.98 Å². The van der Waals surface area contributed by atoms with Gasteiger partial charge >= 0.3 is 5.69 Å². The highest BCUT2D eigenvalue weighted by atomic mass is 32.1.